The normalized spacial score (nSPS) is 19.0. The minimum Gasteiger partial charge on any atom is -0.354 e. The van der Waals surface area contributed by atoms with Crippen molar-refractivity contribution in [3.63, 3.8) is 0 Å². The van der Waals surface area contributed by atoms with Gasteiger partial charge in [-0.2, -0.15) is 13.2 Å². The molecule has 2 aromatic rings. The van der Waals surface area contributed by atoms with Gasteiger partial charge in [-0.15, -0.1) is 0 Å². The smallest absolute Gasteiger partial charge is 0.354 e. The van der Waals surface area contributed by atoms with Crippen molar-refractivity contribution in [1.29, 1.82) is 0 Å². The molecule has 5 nitrogen and oxygen atoms in total. The number of nitrogens with zero attached hydrogens (tertiary/aromatic N) is 5. The molecule has 0 spiro atoms. The summed E-state index contributed by atoms with van der Waals surface area (Å²) in [6.45, 7) is 3.67. The van der Waals surface area contributed by atoms with Crippen LogP contribution >= 0.6 is 0 Å². The average Bonchev–Trinajstić information content (AvgIpc) is 3.47. The maximum atomic E-state index is 12.8. The van der Waals surface area contributed by atoms with Gasteiger partial charge in [-0.3, -0.25) is 9.88 Å². The van der Waals surface area contributed by atoms with Crippen LogP contribution in [0.25, 0.3) is 0 Å². The minimum atomic E-state index is -4.40. The fourth-order valence-electron chi connectivity index (χ4n) is 3.26. The Labute approximate surface area is 149 Å². The van der Waals surface area contributed by atoms with Crippen LogP contribution in [0, 0.1) is 0 Å². The summed E-state index contributed by atoms with van der Waals surface area (Å²) in [5, 5.41) is 0. The zero-order valence-electron chi connectivity index (χ0n) is 14.3. The van der Waals surface area contributed by atoms with Crippen LogP contribution in [0.3, 0.4) is 0 Å². The largest absolute Gasteiger partial charge is 0.433 e. The standard InChI is InChI=1S/C18H20F3N5/c19-18(20,21)16-9-13(3-4-22-16)11-25-5-7-26(8-6-25)17-10-15(14-1-2-14)23-12-24-17/h3-4,9-10,12,14H,1-2,5-8,11H2. The Hall–Kier alpha value is -2.22. The van der Waals surface area contributed by atoms with Gasteiger partial charge in [-0.1, -0.05) is 0 Å². The van der Waals surface area contributed by atoms with E-state index in [9.17, 15) is 13.2 Å². The molecular formula is C18H20F3N5. The molecule has 1 aliphatic carbocycles. The Bertz CT molecular complexity index is 767. The van der Waals surface area contributed by atoms with E-state index < -0.39 is 11.9 Å². The van der Waals surface area contributed by atoms with E-state index in [1.807, 2.05) is 0 Å². The summed E-state index contributed by atoms with van der Waals surface area (Å²) in [6, 6.07) is 4.86. The lowest BCUT2D eigenvalue weighted by Crippen LogP contribution is -2.46. The number of halogens is 3. The van der Waals surface area contributed by atoms with Crippen LogP contribution in [-0.2, 0) is 12.7 Å². The van der Waals surface area contributed by atoms with Gasteiger partial charge in [0.05, 0.1) is 0 Å². The molecule has 0 bridgehead atoms. The van der Waals surface area contributed by atoms with Gasteiger partial charge in [-0.25, -0.2) is 9.97 Å². The second kappa shape index (κ2) is 6.83. The third-order valence-electron chi connectivity index (χ3n) is 4.89. The van der Waals surface area contributed by atoms with Gasteiger partial charge in [0.1, 0.15) is 17.8 Å². The highest BCUT2D eigenvalue weighted by molar-refractivity contribution is 5.41. The van der Waals surface area contributed by atoms with Gasteiger partial charge in [0, 0.05) is 56.6 Å². The third-order valence-corrected chi connectivity index (χ3v) is 4.89. The van der Waals surface area contributed by atoms with Crippen molar-refractivity contribution in [1.82, 2.24) is 19.9 Å². The summed E-state index contributed by atoms with van der Waals surface area (Å²) in [6.07, 6.45) is 0.868. The molecule has 26 heavy (non-hydrogen) atoms. The lowest BCUT2D eigenvalue weighted by Gasteiger charge is -2.35. The van der Waals surface area contributed by atoms with Crippen molar-refractivity contribution < 1.29 is 13.2 Å². The molecule has 0 unspecified atom stereocenters. The van der Waals surface area contributed by atoms with Gasteiger partial charge in [0.15, 0.2) is 0 Å². The van der Waals surface area contributed by atoms with E-state index in [2.05, 4.69) is 30.8 Å². The molecule has 138 valence electrons. The molecule has 0 N–H and O–H groups in total. The van der Waals surface area contributed by atoms with E-state index in [-0.39, 0.29) is 0 Å². The Morgan fingerprint density at radius 3 is 2.46 bits per heavy atom. The Balaban J connectivity index is 1.36. The van der Waals surface area contributed by atoms with Crippen molar-refractivity contribution in [3.05, 3.63) is 47.7 Å². The summed E-state index contributed by atoms with van der Waals surface area (Å²) in [5.41, 5.74) is 0.926. The predicted octanol–water partition coefficient (Wildman–Crippen LogP) is 3.09. The number of anilines is 1. The first kappa shape index (κ1) is 17.2. The molecule has 2 aromatic heterocycles. The van der Waals surface area contributed by atoms with E-state index in [0.717, 1.165) is 43.8 Å². The fourth-order valence-corrected chi connectivity index (χ4v) is 3.26. The van der Waals surface area contributed by atoms with Crippen LogP contribution in [0.1, 0.15) is 35.7 Å². The first-order valence-electron chi connectivity index (χ1n) is 8.80. The number of hydrogen-bond acceptors (Lipinski definition) is 5. The van der Waals surface area contributed by atoms with Crippen LogP contribution in [0.15, 0.2) is 30.7 Å². The monoisotopic (exact) mass is 363 g/mol. The molecule has 1 saturated heterocycles. The quantitative estimate of drug-likeness (QED) is 0.835. The van der Waals surface area contributed by atoms with Crippen molar-refractivity contribution in [2.45, 2.75) is 31.5 Å². The van der Waals surface area contributed by atoms with Gasteiger partial charge < -0.3 is 4.90 Å². The maximum Gasteiger partial charge on any atom is 0.433 e. The molecule has 0 amide bonds. The molecule has 0 aromatic carbocycles. The first-order valence-corrected chi connectivity index (χ1v) is 8.80. The molecule has 1 aliphatic heterocycles. The molecule has 2 aliphatic rings. The molecule has 1 saturated carbocycles. The van der Waals surface area contributed by atoms with Crippen LogP contribution in [0.4, 0.5) is 19.0 Å². The number of hydrogen-bond donors (Lipinski definition) is 0. The Kier molecular flexibility index (Phi) is 4.52. The highest BCUT2D eigenvalue weighted by atomic mass is 19.4. The lowest BCUT2D eigenvalue weighted by molar-refractivity contribution is -0.141. The SMILES string of the molecule is FC(F)(F)c1cc(CN2CCN(c3cc(C4CC4)ncn3)CC2)ccn1. The molecule has 0 radical (unpaired) electrons. The second-order valence-electron chi connectivity index (χ2n) is 6.89. The topological polar surface area (TPSA) is 45.2 Å². The zero-order chi connectivity index (χ0) is 18.1. The van der Waals surface area contributed by atoms with E-state index >= 15 is 0 Å². The third kappa shape index (κ3) is 3.95. The average molecular weight is 363 g/mol. The van der Waals surface area contributed by atoms with Crippen LogP contribution < -0.4 is 4.90 Å². The van der Waals surface area contributed by atoms with Gasteiger partial charge in [0.2, 0.25) is 0 Å². The number of alkyl halides is 3. The first-order chi connectivity index (χ1) is 12.5. The molecule has 2 fully saturated rings. The van der Waals surface area contributed by atoms with Gasteiger partial charge >= 0.3 is 6.18 Å². The summed E-state index contributed by atoms with van der Waals surface area (Å²) >= 11 is 0. The Morgan fingerprint density at radius 1 is 1.00 bits per heavy atom. The molecule has 3 heterocycles. The Morgan fingerprint density at radius 2 is 1.77 bits per heavy atom. The lowest BCUT2D eigenvalue weighted by atomic mass is 10.2. The maximum absolute atomic E-state index is 12.8. The summed E-state index contributed by atoms with van der Waals surface area (Å²) in [4.78, 5) is 16.5. The van der Waals surface area contributed by atoms with Gasteiger partial charge in [-0.05, 0) is 30.5 Å². The number of rotatable bonds is 4. The van der Waals surface area contributed by atoms with E-state index in [1.54, 1.807) is 12.4 Å². The van der Waals surface area contributed by atoms with E-state index in [4.69, 9.17) is 0 Å². The van der Waals surface area contributed by atoms with Gasteiger partial charge in [0.25, 0.3) is 0 Å². The number of aromatic nitrogens is 3. The van der Waals surface area contributed by atoms with Crippen molar-refractivity contribution in [2.75, 3.05) is 31.1 Å². The van der Waals surface area contributed by atoms with Crippen LogP contribution in [-0.4, -0.2) is 46.0 Å². The van der Waals surface area contributed by atoms with Crippen molar-refractivity contribution >= 4 is 5.82 Å². The molecule has 0 atom stereocenters. The summed E-state index contributed by atoms with van der Waals surface area (Å²) < 4.78 is 38.4. The number of pyridine rings is 1. The van der Waals surface area contributed by atoms with Crippen LogP contribution in [0.5, 0.6) is 0 Å². The van der Waals surface area contributed by atoms with E-state index in [1.165, 1.54) is 19.0 Å². The summed E-state index contributed by atoms with van der Waals surface area (Å²) in [7, 11) is 0. The zero-order valence-corrected chi connectivity index (χ0v) is 14.3. The second-order valence-corrected chi connectivity index (χ2v) is 6.89. The van der Waals surface area contributed by atoms with Crippen LogP contribution in [0.2, 0.25) is 0 Å². The predicted molar refractivity (Wildman–Crippen MR) is 90.7 cm³/mol. The summed E-state index contributed by atoms with van der Waals surface area (Å²) in [5.74, 6) is 1.54. The molecule has 8 heteroatoms. The molecular weight excluding hydrogens is 343 g/mol. The highest BCUT2D eigenvalue weighted by Crippen LogP contribution is 2.39. The van der Waals surface area contributed by atoms with Crippen molar-refractivity contribution in [2.24, 2.45) is 0 Å². The minimum absolute atomic E-state index is 0.497. The number of piperazine rings is 1. The molecule has 4 rings (SSSR count). The fraction of sp³-hybridized carbons (Fsp3) is 0.500. The highest BCUT2D eigenvalue weighted by Gasteiger charge is 2.32. The van der Waals surface area contributed by atoms with E-state index in [0.29, 0.717) is 18.0 Å². The van der Waals surface area contributed by atoms with Crippen molar-refractivity contribution in [3.8, 4) is 0 Å².